The Bertz CT molecular complexity index is 1000. The first kappa shape index (κ1) is 39.4. The van der Waals surface area contributed by atoms with Crippen molar-refractivity contribution in [3.05, 3.63) is 11.9 Å². The van der Waals surface area contributed by atoms with Crippen LogP contribution in [0.3, 0.4) is 0 Å². The van der Waals surface area contributed by atoms with E-state index in [-0.39, 0.29) is 26.1 Å². The molecule has 0 bridgehead atoms. The maximum atomic E-state index is 10.7. The highest BCUT2D eigenvalue weighted by molar-refractivity contribution is 5.66. The topological polar surface area (TPSA) is 283 Å². The number of aliphatic hydroxyl groups is 7. The highest BCUT2D eigenvalue weighted by Crippen LogP contribution is 2.29. The molecule has 0 aliphatic carbocycles. The molecule has 0 saturated carbocycles. The van der Waals surface area contributed by atoms with Gasteiger partial charge < -0.3 is 78.7 Å². The van der Waals surface area contributed by atoms with Crippen molar-refractivity contribution >= 4 is 5.97 Å². The van der Waals surface area contributed by atoms with Crippen LogP contribution in [0.2, 0.25) is 0 Å². The summed E-state index contributed by atoms with van der Waals surface area (Å²) in [4.78, 5) is 10.4. The molecular formula is C27H47N3O17. The molecule has 10 atom stereocenters. The van der Waals surface area contributed by atoms with E-state index < -0.39 is 80.6 Å². The van der Waals surface area contributed by atoms with E-state index in [1.165, 1.54) is 0 Å². The van der Waals surface area contributed by atoms with Gasteiger partial charge in [0, 0.05) is 12.6 Å². The second kappa shape index (κ2) is 21.2. The Kier molecular flexibility index (Phi) is 17.8. The quantitative estimate of drug-likeness (QED) is 0.0501. The van der Waals surface area contributed by atoms with Crippen molar-refractivity contribution in [3.63, 3.8) is 0 Å². The normalized spacial score (nSPS) is 31.3. The molecule has 8 N–H and O–H groups in total. The number of aliphatic hydroxyl groups excluding tert-OH is 7. The highest BCUT2D eigenvalue weighted by Gasteiger charge is 2.50. The number of ether oxygens (including phenoxy) is 8. The molecule has 2 saturated heterocycles. The van der Waals surface area contributed by atoms with Gasteiger partial charge in [-0.05, 0) is 0 Å². The average molecular weight is 686 g/mol. The number of aromatic nitrogens is 3. The first-order chi connectivity index (χ1) is 22.7. The summed E-state index contributed by atoms with van der Waals surface area (Å²) in [5.74, 6) is -0.908. The minimum Gasteiger partial charge on any atom is -0.481 e. The van der Waals surface area contributed by atoms with E-state index in [9.17, 15) is 40.5 Å². The average Bonchev–Trinajstić information content (AvgIpc) is 3.51. The summed E-state index contributed by atoms with van der Waals surface area (Å²) < 4.78 is 44.9. The Morgan fingerprint density at radius 3 is 1.91 bits per heavy atom. The molecule has 272 valence electrons. The summed E-state index contributed by atoms with van der Waals surface area (Å²) in [6, 6.07) is 0. The van der Waals surface area contributed by atoms with Crippen molar-refractivity contribution in [3.8, 4) is 0 Å². The predicted octanol–water partition coefficient (Wildman–Crippen LogP) is -5.00. The molecule has 2 fully saturated rings. The third-order valence-corrected chi connectivity index (χ3v) is 7.23. The number of aliphatic carboxylic acids is 1. The van der Waals surface area contributed by atoms with Crippen LogP contribution in [0.4, 0.5) is 0 Å². The van der Waals surface area contributed by atoms with E-state index in [4.69, 9.17) is 43.0 Å². The summed E-state index contributed by atoms with van der Waals surface area (Å²) in [5.41, 5.74) is 0.578. The van der Waals surface area contributed by atoms with Crippen molar-refractivity contribution < 1.29 is 83.5 Å². The Morgan fingerprint density at radius 2 is 1.30 bits per heavy atom. The Morgan fingerprint density at radius 1 is 0.723 bits per heavy atom. The molecule has 3 rings (SSSR count). The van der Waals surface area contributed by atoms with Gasteiger partial charge >= 0.3 is 5.97 Å². The van der Waals surface area contributed by atoms with Crippen LogP contribution in [0.5, 0.6) is 0 Å². The molecule has 2 aliphatic rings. The van der Waals surface area contributed by atoms with Gasteiger partial charge in [0.2, 0.25) is 0 Å². The maximum Gasteiger partial charge on any atom is 0.305 e. The first-order valence-corrected chi connectivity index (χ1v) is 15.3. The first-order valence-electron chi connectivity index (χ1n) is 15.3. The van der Waals surface area contributed by atoms with Gasteiger partial charge in [-0.2, -0.15) is 0 Å². The minimum absolute atomic E-state index is 0.0127. The van der Waals surface area contributed by atoms with E-state index in [0.29, 0.717) is 58.5 Å². The maximum absolute atomic E-state index is 10.7. The monoisotopic (exact) mass is 685 g/mol. The minimum atomic E-state index is -1.76. The number of carboxylic acid groups (broad SMARTS) is 1. The summed E-state index contributed by atoms with van der Waals surface area (Å²) in [6.07, 6.45) is -13.3. The van der Waals surface area contributed by atoms with Crippen LogP contribution in [0.15, 0.2) is 6.20 Å². The molecule has 3 heterocycles. The Hall–Kier alpha value is -1.99. The number of hydrogen-bond acceptors (Lipinski definition) is 18. The van der Waals surface area contributed by atoms with Gasteiger partial charge in [0.1, 0.15) is 48.8 Å². The van der Waals surface area contributed by atoms with Gasteiger partial charge in [0.15, 0.2) is 12.6 Å². The number of rotatable bonds is 23. The summed E-state index contributed by atoms with van der Waals surface area (Å²) >= 11 is 0. The van der Waals surface area contributed by atoms with E-state index in [2.05, 4.69) is 10.3 Å². The summed E-state index contributed by atoms with van der Waals surface area (Å²) in [7, 11) is 0. The lowest BCUT2D eigenvalue weighted by molar-refractivity contribution is -0.359. The standard InChI is InChI=1S/C27H47N3O17/c31-14-17-20(35)21(36)23(38)27(45-17)47-25-18(15-32)46-26(24(39)22(25)37)44-5-1-16-13-30(29-28-16)3-6-41-8-10-43-12-11-42-9-7-40-4-2-19(33)34/h13,17-18,20-27,31-32,35-39H,1-12,14-15H2,(H,33,34)/t17-,18-,20+,21+,22-,23-,24-,25+,26-,27-/m1/s1. The molecule has 47 heavy (non-hydrogen) atoms. The summed E-state index contributed by atoms with van der Waals surface area (Å²) in [5, 5.41) is 87.3. The number of carbonyl (C=O) groups is 1. The van der Waals surface area contributed by atoms with Crippen LogP contribution >= 0.6 is 0 Å². The van der Waals surface area contributed by atoms with Crippen LogP contribution in [-0.4, -0.2) is 196 Å². The molecule has 20 nitrogen and oxygen atoms in total. The Balaban J connectivity index is 1.28. The SMILES string of the molecule is O=C(O)CCOCCOCCOCCOCCn1cc(CCO[C@@H]2O[C@H](CO)[C@H](O[C@H]3O[C@H](CO)[C@H](O)[C@H](O)[C@H]3O)[C@H](O)[C@H]2O)nn1. The fraction of sp³-hybridized carbons (Fsp3) is 0.889. The zero-order valence-electron chi connectivity index (χ0n) is 25.8. The van der Waals surface area contributed by atoms with E-state index in [1.807, 2.05) is 0 Å². The highest BCUT2D eigenvalue weighted by atomic mass is 16.7. The smallest absolute Gasteiger partial charge is 0.305 e. The van der Waals surface area contributed by atoms with Crippen LogP contribution < -0.4 is 0 Å². The second-order valence-electron chi connectivity index (χ2n) is 10.7. The predicted molar refractivity (Wildman–Crippen MR) is 152 cm³/mol. The van der Waals surface area contributed by atoms with Crippen LogP contribution in [0, 0.1) is 0 Å². The van der Waals surface area contributed by atoms with Gasteiger partial charge in [-0.3, -0.25) is 4.79 Å². The van der Waals surface area contributed by atoms with E-state index in [0.717, 1.165) is 0 Å². The van der Waals surface area contributed by atoms with Crippen molar-refractivity contribution in [2.75, 3.05) is 72.7 Å². The number of carboxylic acids is 1. The molecule has 1 aromatic rings. The largest absolute Gasteiger partial charge is 0.481 e. The summed E-state index contributed by atoms with van der Waals surface area (Å²) in [6.45, 7) is 1.77. The van der Waals surface area contributed by atoms with Gasteiger partial charge in [-0.25, -0.2) is 4.68 Å². The molecule has 0 amide bonds. The third-order valence-electron chi connectivity index (χ3n) is 7.23. The zero-order valence-corrected chi connectivity index (χ0v) is 25.8. The van der Waals surface area contributed by atoms with Gasteiger partial charge in [-0.15, -0.1) is 5.10 Å². The van der Waals surface area contributed by atoms with Crippen LogP contribution in [0.1, 0.15) is 12.1 Å². The number of nitrogens with zero attached hydrogens (tertiary/aromatic N) is 3. The van der Waals surface area contributed by atoms with Crippen LogP contribution in [-0.2, 0) is 55.7 Å². The number of hydrogen-bond donors (Lipinski definition) is 8. The fourth-order valence-electron chi connectivity index (χ4n) is 4.61. The lowest BCUT2D eigenvalue weighted by Gasteiger charge is -2.45. The van der Waals surface area contributed by atoms with Crippen LogP contribution in [0.25, 0.3) is 0 Å². The van der Waals surface area contributed by atoms with Crippen molar-refractivity contribution in [1.29, 1.82) is 0 Å². The molecule has 0 spiro atoms. The van der Waals surface area contributed by atoms with E-state index >= 15 is 0 Å². The van der Waals surface area contributed by atoms with Gasteiger partial charge in [0.05, 0.1) is 91.3 Å². The molecule has 0 aromatic carbocycles. The molecule has 2 aliphatic heterocycles. The van der Waals surface area contributed by atoms with Crippen molar-refractivity contribution in [2.24, 2.45) is 0 Å². The molecule has 1 aromatic heterocycles. The molecule has 20 heteroatoms. The lowest BCUT2D eigenvalue weighted by Crippen LogP contribution is -2.64. The fourth-order valence-corrected chi connectivity index (χ4v) is 4.61. The van der Waals surface area contributed by atoms with Gasteiger partial charge in [0.25, 0.3) is 0 Å². The molecule has 0 unspecified atom stereocenters. The molecule has 0 radical (unpaired) electrons. The third kappa shape index (κ3) is 12.8. The van der Waals surface area contributed by atoms with Gasteiger partial charge in [-0.1, -0.05) is 5.21 Å². The van der Waals surface area contributed by atoms with Crippen molar-refractivity contribution in [2.45, 2.75) is 80.8 Å². The van der Waals surface area contributed by atoms with Crippen molar-refractivity contribution in [1.82, 2.24) is 15.0 Å². The zero-order chi connectivity index (χ0) is 34.2. The van der Waals surface area contributed by atoms with E-state index in [1.54, 1.807) is 10.9 Å². The molecular weight excluding hydrogens is 638 g/mol. The lowest BCUT2D eigenvalue weighted by atomic mass is 9.97. The second-order valence-corrected chi connectivity index (χ2v) is 10.7. The Labute approximate surface area is 270 Å².